The monoisotopic (exact) mass is 378 g/mol. The number of aliphatic carboxylic acids is 1. The van der Waals surface area contributed by atoms with Gasteiger partial charge in [-0.15, -0.1) is 0 Å². The molecule has 0 radical (unpaired) electrons. The lowest BCUT2D eigenvalue weighted by Gasteiger charge is -2.24. The van der Waals surface area contributed by atoms with Crippen molar-refractivity contribution in [3.8, 4) is 0 Å². The molecule has 0 bridgehead atoms. The zero-order valence-corrected chi connectivity index (χ0v) is 15.1. The third-order valence-electron chi connectivity index (χ3n) is 3.61. The summed E-state index contributed by atoms with van der Waals surface area (Å²) in [4.78, 5) is 46.8. The molecule has 0 fully saturated rings. The number of rotatable bonds is 11. The van der Waals surface area contributed by atoms with Gasteiger partial charge in [0.1, 0.15) is 18.1 Å². The number of carboxylic acid groups (broad SMARTS) is 1. The van der Waals surface area contributed by atoms with Crippen LogP contribution < -0.4 is 21.7 Å². The molecule has 0 saturated heterocycles. The second-order valence-electron chi connectivity index (χ2n) is 5.46. The van der Waals surface area contributed by atoms with Crippen molar-refractivity contribution in [3.05, 3.63) is 0 Å². The summed E-state index contributed by atoms with van der Waals surface area (Å²) in [5.74, 6) is -3.79. The average molecular weight is 378 g/mol. The van der Waals surface area contributed by atoms with Crippen LogP contribution in [0.1, 0.15) is 20.3 Å². The molecule has 25 heavy (non-hydrogen) atoms. The van der Waals surface area contributed by atoms with Crippen LogP contribution in [0.25, 0.3) is 0 Å². The van der Waals surface area contributed by atoms with Crippen LogP contribution in [0.3, 0.4) is 0 Å². The lowest BCUT2D eigenvalue weighted by Crippen LogP contribution is -2.58. The van der Waals surface area contributed by atoms with Gasteiger partial charge in [-0.05, 0) is 5.92 Å². The molecule has 0 saturated carbocycles. The maximum atomic E-state index is 12.2. The second-order valence-corrected chi connectivity index (χ2v) is 5.83. The maximum Gasteiger partial charge on any atom is 0.326 e. The summed E-state index contributed by atoms with van der Waals surface area (Å²) in [6.07, 6.45) is 0.535. The lowest BCUT2D eigenvalue weighted by atomic mass is 9.99. The Morgan fingerprint density at radius 2 is 1.64 bits per heavy atom. The average Bonchev–Trinajstić information content (AvgIpc) is 2.60. The first-order chi connectivity index (χ1) is 11.7. The van der Waals surface area contributed by atoms with Gasteiger partial charge in [0.25, 0.3) is 0 Å². The highest BCUT2D eigenvalue weighted by atomic mass is 32.1. The lowest BCUT2D eigenvalue weighted by molar-refractivity contribution is -0.143. The predicted molar refractivity (Wildman–Crippen MR) is 92.9 cm³/mol. The van der Waals surface area contributed by atoms with E-state index in [-0.39, 0.29) is 18.2 Å². The van der Waals surface area contributed by atoms with E-state index in [9.17, 15) is 29.4 Å². The standard InChI is InChI=1S/C14H26N4O6S/c1-3-7(2)11(14(23)24)18-13(22)9(6-25)17-12(21)8(5-19)16-10(20)4-15/h7-9,11,19,25H,3-6,15H2,1-2H3,(H,16,20)(H,17,21)(H,18,22)(H,23,24). The summed E-state index contributed by atoms with van der Waals surface area (Å²) in [5.41, 5.74) is 5.12. The molecule has 4 atom stereocenters. The van der Waals surface area contributed by atoms with E-state index in [0.29, 0.717) is 6.42 Å². The van der Waals surface area contributed by atoms with Crippen LogP contribution in [0, 0.1) is 5.92 Å². The summed E-state index contributed by atoms with van der Waals surface area (Å²) >= 11 is 3.97. The number of carbonyl (C=O) groups is 4. The Morgan fingerprint density at radius 1 is 1.08 bits per heavy atom. The van der Waals surface area contributed by atoms with Gasteiger partial charge in [0.2, 0.25) is 17.7 Å². The Bertz CT molecular complexity index is 490. The largest absolute Gasteiger partial charge is 0.480 e. The number of carbonyl (C=O) groups excluding carboxylic acids is 3. The minimum Gasteiger partial charge on any atom is -0.480 e. The summed E-state index contributed by atoms with van der Waals surface area (Å²) in [5, 5.41) is 25.2. The van der Waals surface area contributed by atoms with Crippen LogP contribution in [0.15, 0.2) is 0 Å². The number of hydrogen-bond acceptors (Lipinski definition) is 7. The van der Waals surface area contributed by atoms with E-state index in [2.05, 4.69) is 28.6 Å². The van der Waals surface area contributed by atoms with Gasteiger partial charge in [0.15, 0.2) is 0 Å². The zero-order chi connectivity index (χ0) is 19.6. The third kappa shape index (κ3) is 7.71. The van der Waals surface area contributed by atoms with Crippen LogP contribution >= 0.6 is 12.6 Å². The van der Waals surface area contributed by atoms with Crippen molar-refractivity contribution in [1.29, 1.82) is 0 Å². The summed E-state index contributed by atoms with van der Waals surface area (Å²) in [6, 6.07) is -3.52. The highest BCUT2D eigenvalue weighted by Gasteiger charge is 2.30. The van der Waals surface area contributed by atoms with Crippen molar-refractivity contribution < 1.29 is 29.4 Å². The topological polar surface area (TPSA) is 171 Å². The molecule has 0 aliphatic heterocycles. The number of nitrogens with two attached hydrogens (primary N) is 1. The zero-order valence-electron chi connectivity index (χ0n) is 14.2. The normalized spacial score (nSPS) is 15.4. The van der Waals surface area contributed by atoms with Crippen LogP contribution in [-0.4, -0.2) is 70.9 Å². The van der Waals surface area contributed by atoms with Gasteiger partial charge in [-0.2, -0.15) is 12.6 Å². The number of aliphatic hydroxyl groups excluding tert-OH is 1. The molecule has 4 unspecified atom stereocenters. The van der Waals surface area contributed by atoms with E-state index < -0.39 is 48.4 Å². The highest BCUT2D eigenvalue weighted by molar-refractivity contribution is 7.80. The van der Waals surface area contributed by atoms with Crippen LogP contribution in [0.2, 0.25) is 0 Å². The highest BCUT2D eigenvalue weighted by Crippen LogP contribution is 2.08. The van der Waals surface area contributed by atoms with Gasteiger partial charge < -0.3 is 31.9 Å². The summed E-state index contributed by atoms with van der Waals surface area (Å²) in [6.45, 7) is 2.41. The number of hydrogen-bond donors (Lipinski definition) is 7. The Morgan fingerprint density at radius 3 is 2.04 bits per heavy atom. The smallest absolute Gasteiger partial charge is 0.326 e. The molecule has 7 N–H and O–H groups in total. The molecule has 0 aromatic carbocycles. The fourth-order valence-electron chi connectivity index (χ4n) is 1.85. The van der Waals surface area contributed by atoms with E-state index in [4.69, 9.17) is 5.73 Å². The maximum absolute atomic E-state index is 12.2. The fourth-order valence-corrected chi connectivity index (χ4v) is 2.11. The van der Waals surface area contributed by atoms with Gasteiger partial charge in [-0.25, -0.2) is 4.79 Å². The van der Waals surface area contributed by atoms with Gasteiger partial charge in [-0.1, -0.05) is 20.3 Å². The molecule has 0 rings (SSSR count). The summed E-state index contributed by atoms with van der Waals surface area (Å²) in [7, 11) is 0. The molecule has 144 valence electrons. The summed E-state index contributed by atoms with van der Waals surface area (Å²) < 4.78 is 0. The SMILES string of the molecule is CCC(C)C(NC(=O)C(CS)NC(=O)C(CO)NC(=O)CN)C(=O)O. The van der Waals surface area contributed by atoms with E-state index >= 15 is 0 Å². The fraction of sp³-hybridized carbons (Fsp3) is 0.714. The third-order valence-corrected chi connectivity index (χ3v) is 3.98. The molecule has 0 aromatic rings. The van der Waals surface area contributed by atoms with Crippen LogP contribution in [0.5, 0.6) is 0 Å². The molecule has 10 nitrogen and oxygen atoms in total. The molecule has 3 amide bonds. The van der Waals surface area contributed by atoms with Gasteiger partial charge in [0.05, 0.1) is 13.2 Å². The first-order valence-electron chi connectivity index (χ1n) is 7.76. The Kier molecular flexibility index (Phi) is 10.8. The Hall–Kier alpha value is -1.85. The number of amides is 3. The van der Waals surface area contributed by atoms with Crippen molar-refractivity contribution in [2.45, 2.75) is 38.4 Å². The minimum atomic E-state index is -1.28. The number of aliphatic hydroxyl groups is 1. The molecule has 0 aromatic heterocycles. The van der Waals surface area contributed by atoms with Crippen molar-refractivity contribution in [2.24, 2.45) is 11.7 Å². The van der Waals surface area contributed by atoms with Gasteiger partial charge >= 0.3 is 5.97 Å². The molecule has 11 heteroatoms. The quantitative estimate of drug-likeness (QED) is 0.194. The number of carboxylic acids is 1. The Labute approximate surface area is 151 Å². The Balaban J connectivity index is 4.95. The van der Waals surface area contributed by atoms with Crippen molar-refractivity contribution >= 4 is 36.3 Å². The van der Waals surface area contributed by atoms with E-state index in [1.165, 1.54) is 0 Å². The molecular weight excluding hydrogens is 352 g/mol. The van der Waals surface area contributed by atoms with Crippen LogP contribution in [-0.2, 0) is 19.2 Å². The van der Waals surface area contributed by atoms with E-state index in [0.717, 1.165) is 0 Å². The van der Waals surface area contributed by atoms with E-state index in [1.54, 1.807) is 13.8 Å². The molecule has 0 spiro atoms. The van der Waals surface area contributed by atoms with E-state index in [1.807, 2.05) is 0 Å². The molecule has 0 aliphatic carbocycles. The van der Waals surface area contributed by atoms with Gasteiger partial charge in [0, 0.05) is 5.75 Å². The van der Waals surface area contributed by atoms with Crippen molar-refractivity contribution in [1.82, 2.24) is 16.0 Å². The molecule has 0 aliphatic rings. The first kappa shape index (κ1) is 23.1. The molecular formula is C14H26N4O6S. The second kappa shape index (κ2) is 11.7. The number of nitrogens with one attached hydrogen (secondary N) is 3. The predicted octanol–water partition coefficient (Wildman–Crippen LogP) is -2.55. The minimum absolute atomic E-state index is 0.104. The van der Waals surface area contributed by atoms with Gasteiger partial charge in [-0.3, -0.25) is 14.4 Å². The number of thiol groups is 1. The van der Waals surface area contributed by atoms with Crippen molar-refractivity contribution in [2.75, 3.05) is 18.9 Å². The van der Waals surface area contributed by atoms with Crippen molar-refractivity contribution in [3.63, 3.8) is 0 Å². The first-order valence-corrected chi connectivity index (χ1v) is 8.39. The van der Waals surface area contributed by atoms with Crippen LogP contribution in [0.4, 0.5) is 0 Å². The molecule has 0 heterocycles.